The molecule has 0 aliphatic heterocycles. The molecule has 3 N–H and O–H groups in total. The summed E-state index contributed by atoms with van der Waals surface area (Å²) in [5.74, 6) is 5.34. The van der Waals surface area contributed by atoms with Gasteiger partial charge in [-0.05, 0) is 48.1 Å². The average molecular weight is 345 g/mol. The lowest BCUT2D eigenvalue weighted by molar-refractivity contribution is 0.551. The molecule has 0 amide bonds. The van der Waals surface area contributed by atoms with Crippen molar-refractivity contribution in [2.75, 3.05) is 0 Å². The Kier molecular flexibility index (Phi) is 4.98. The molecule has 0 fully saturated rings. The van der Waals surface area contributed by atoms with Crippen LogP contribution in [0.1, 0.15) is 29.1 Å². The number of hydrogen-bond donors (Lipinski definition) is 2. The van der Waals surface area contributed by atoms with Gasteiger partial charge in [-0.2, -0.15) is 0 Å². The fourth-order valence-corrected chi connectivity index (χ4v) is 3.23. The molecular weight excluding hydrogens is 331 g/mol. The number of nitrogens with two attached hydrogens (primary N) is 1. The fraction of sp³-hybridized carbons (Fsp3) is 0.333. The second-order valence-corrected chi connectivity index (χ2v) is 5.84. The number of halogens is 2. The molecule has 1 aromatic heterocycles. The zero-order valence-corrected chi connectivity index (χ0v) is 12.8. The number of nitrogens with zero attached hydrogens (tertiary/aromatic N) is 2. The van der Waals surface area contributed by atoms with Crippen LogP contribution >= 0.6 is 27.5 Å². The molecule has 2 rings (SSSR count). The topological polar surface area (TPSA) is 63.8 Å². The molecule has 2 aromatic rings. The van der Waals surface area contributed by atoms with E-state index in [4.69, 9.17) is 5.84 Å². The normalized spacial score (nSPS) is 12.6. The molecule has 0 saturated heterocycles. The predicted octanol–water partition coefficient (Wildman–Crippen LogP) is 2.75. The van der Waals surface area contributed by atoms with E-state index in [1.807, 2.05) is 13.0 Å². The number of rotatable bonds is 5. The lowest BCUT2D eigenvalue weighted by Crippen LogP contribution is -2.29. The molecule has 0 radical (unpaired) electrons. The van der Waals surface area contributed by atoms with E-state index < -0.39 is 0 Å². The number of nitrogens with one attached hydrogen (secondary N) is 1. The van der Waals surface area contributed by atoms with Crippen LogP contribution in [0.2, 0.25) is 0 Å². The SMILES string of the molecule is CCc1nnsc1C(Cc1cc(F)cc(Br)c1)NN. The highest BCUT2D eigenvalue weighted by molar-refractivity contribution is 9.10. The van der Waals surface area contributed by atoms with Gasteiger partial charge >= 0.3 is 0 Å². The minimum Gasteiger partial charge on any atom is -0.271 e. The van der Waals surface area contributed by atoms with E-state index in [1.165, 1.54) is 23.7 Å². The minimum absolute atomic E-state index is 0.108. The average Bonchev–Trinajstić information content (AvgIpc) is 2.82. The molecule has 0 bridgehead atoms. The van der Waals surface area contributed by atoms with Crippen LogP contribution in [0.4, 0.5) is 4.39 Å². The molecule has 0 aliphatic carbocycles. The van der Waals surface area contributed by atoms with Gasteiger partial charge in [-0.3, -0.25) is 11.3 Å². The van der Waals surface area contributed by atoms with Gasteiger partial charge in [-0.15, -0.1) is 5.10 Å². The van der Waals surface area contributed by atoms with Crippen LogP contribution in [0.3, 0.4) is 0 Å². The van der Waals surface area contributed by atoms with Crippen molar-refractivity contribution in [2.24, 2.45) is 5.84 Å². The molecule has 1 atom stereocenters. The first-order valence-electron chi connectivity index (χ1n) is 5.86. The lowest BCUT2D eigenvalue weighted by atomic mass is 10.0. The quantitative estimate of drug-likeness (QED) is 0.646. The zero-order chi connectivity index (χ0) is 13.8. The Morgan fingerprint density at radius 2 is 2.26 bits per heavy atom. The van der Waals surface area contributed by atoms with Crippen molar-refractivity contribution >= 4 is 27.5 Å². The van der Waals surface area contributed by atoms with E-state index in [0.29, 0.717) is 6.42 Å². The first kappa shape index (κ1) is 14.5. The van der Waals surface area contributed by atoms with Crippen molar-refractivity contribution in [2.45, 2.75) is 25.8 Å². The second-order valence-electron chi connectivity index (χ2n) is 4.14. The summed E-state index contributed by atoms with van der Waals surface area (Å²) in [5.41, 5.74) is 4.56. The van der Waals surface area contributed by atoms with Gasteiger partial charge in [0.05, 0.1) is 16.6 Å². The van der Waals surface area contributed by atoms with Gasteiger partial charge in [0.1, 0.15) is 5.82 Å². The summed E-state index contributed by atoms with van der Waals surface area (Å²) in [5, 5.41) is 4.07. The van der Waals surface area contributed by atoms with Crippen LogP contribution < -0.4 is 11.3 Å². The van der Waals surface area contributed by atoms with Gasteiger partial charge in [0.15, 0.2) is 0 Å². The third-order valence-electron chi connectivity index (χ3n) is 2.80. The van der Waals surface area contributed by atoms with E-state index in [2.05, 4.69) is 30.9 Å². The first-order chi connectivity index (χ1) is 9.13. The monoisotopic (exact) mass is 344 g/mol. The highest BCUT2D eigenvalue weighted by Crippen LogP contribution is 2.25. The summed E-state index contributed by atoms with van der Waals surface area (Å²) in [4.78, 5) is 1.00. The van der Waals surface area contributed by atoms with Crippen molar-refractivity contribution in [3.8, 4) is 0 Å². The summed E-state index contributed by atoms with van der Waals surface area (Å²) < 4.78 is 18.0. The molecule has 19 heavy (non-hydrogen) atoms. The van der Waals surface area contributed by atoms with Crippen molar-refractivity contribution in [3.05, 3.63) is 44.6 Å². The van der Waals surface area contributed by atoms with Crippen molar-refractivity contribution < 1.29 is 4.39 Å². The van der Waals surface area contributed by atoms with Crippen LogP contribution in [0, 0.1) is 5.82 Å². The second kappa shape index (κ2) is 6.51. The predicted molar refractivity (Wildman–Crippen MR) is 77.2 cm³/mol. The molecule has 102 valence electrons. The van der Waals surface area contributed by atoms with E-state index in [-0.39, 0.29) is 11.9 Å². The zero-order valence-electron chi connectivity index (χ0n) is 10.4. The van der Waals surface area contributed by atoms with Crippen molar-refractivity contribution in [1.82, 2.24) is 15.0 Å². The minimum atomic E-state index is -0.265. The van der Waals surface area contributed by atoms with Crippen LogP contribution in [-0.4, -0.2) is 9.59 Å². The van der Waals surface area contributed by atoms with Crippen molar-refractivity contribution in [1.29, 1.82) is 0 Å². The molecule has 0 aliphatic rings. The molecule has 7 heteroatoms. The smallest absolute Gasteiger partial charge is 0.124 e. The van der Waals surface area contributed by atoms with Gasteiger partial charge in [0, 0.05) is 4.47 Å². The van der Waals surface area contributed by atoms with Gasteiger partial charge in [-0.25, -0.2) is 4.39 Å². The third-order valence-corrected chi connectivity index (χ3v) is 4.14. The largest absolute Gasteiger partial charge is 0.271 e. The van der Waals surface area contributed by atoms with Gasteiger partial charge in [0.2, 0.25) is 0 Å². The van der Waals surface area contributed by atoms with Gasteiger partial charge < -0.3 is 0 Å². The Labute approximate surface area is 123 Å². The van der Waals surface area contributed by atoms with E-state index in [0.717, 1.165) is 27.0 Å². The number of benzene rings is 1. The fourth-order valence-electron chi connectivity index (χ4n) is 1.92. The van der Waals surface area contributed by atoms with E-state index in [9.17, 15) is 4.39 Å². The van der Waals surface area contributed by atoms with Crippen LogP contribution in [0.15, 0.2) is 22.7 Å². The van der Waals surface area contributed by atoms with Gasteiger partial charge in [-0.1, -0.05) is 27.3 Å². The maximum absolute atomic E-state index is 13.4. The Morgan fingerprint density at radius 3 is 2.89 bits per heavy atom. The van der Waals surface area contributed by atoms with Crippen LogP contribution in [-0.2, 0) is 12.8 Å². The first-order valence-corrected chi connectivity index (χ1v) is 7.43. The Morgan fingerprint density at radius 1 is 1.47 bits per heavy atom. The summed E-state index contributed by atoms with van der Waals surface area (Å²) in [6.45, 7) is 2.02. The molecule has 1 unspecified atom stereocenters. The summed E-state index contributed by atoms with van der Waals surface area (Å²) >= 11 is 4.61. The Balaban J connectivity index is 2.24. The summed E-state index contributed by atoms with van der Waals surface area (Å²) in [6, 6.07) is 4.71. The highest BCUT2D eigenvalue weighted by atomic mass is 79.9. The molecule has 0 spiro atoms. The summed E-state index contributed by atoms with van der Waals surface area (Å²) in [7, 11) is 0. The summed E-state index contributed by atoms with van der Waals surface area (Å²) in [6.07, 6.45) is 1.39. The van der Waals surface area contributed by atoms with Crippen LogP contribution in [0.25, 0.3) is 0 Å². The number of hydrogen-bond acceptors (Lipinski definition) is 5. The molecule has 1 heterocycles. The maximum Gasteiger partial charge on any atom is 0.124 e. The number of aryl methyl sites for hydroxylation is 1. The van der Waals surface area contributed by atoms with E-state index >= 15 is 0 Å². The van der Waals surface area contributed by atoms with E-state index in [1.54, 1.807) is 0 Å². The number of hydrazine groups is 1. The number of aromatic nitrogens is 2. The molecule has 0 saturated carbocycles. The standard InChI is InChI=1S/C12H14BrFN4S/c1-2-10-12(19-18-17-10)11(16-15)5-7-3-8(13)6-9(14)4-7/h3-4,6,11,16H,2,5,15H2,1H3. The van der Waals surface area contributed by atoms with Crippen LogP contribution in [0.5, 0.6) is 0 Å². The molecule has 4 nitrogen and oxygen atoms in total. The van der Waals surface area contributed by atoms with Gasteiger partial charge in [0.25, 0.3) is 0 Å². The molecular formula is C12H14BrFN4S. The maximum atomic E-state index is 13.4. The Hall–Kier alpha value is -0.890. The lowest BCUT2D eigenvalue weighted by Gasteiger charge is -2.15. The third kappa shape index (κ3) is 3.56. The molecule has 1 aromatic carbocycles. The Bertz CT molecular complexity index is 540. The van der Waals surface area contributed by atoms with Crippen molar-refractivity contribution in [3.63, 3.8) is 0 Å². The highest BCUT2D eigenvalue weighted by Gasteiger charge is 2.18.